The molecule has 0 saturated carbocycles. The van der Waals surface area contributed by atoms with Crippen molar-refractivity contribution in [3.05, 3.63) is 65.5 Å². The summed E-state index contributed by atoms with van der Waals surface area (Å²) in [4.78, 5) is 22.5. The lowest BCUT2D eigenvalue weighted by Gasteiger charge is -2.09. The second kappa shape index (κ2) is 6.51. The number of hydrogen-bond donors (Lipinski definition) is 3. The predicted octanol–water partition coefficient (Wildman–Crippen LogP) is 2.85. The van der Waals surface area contributed by atoms with Crippen molar-refractivity contribution < 1.29 is 19.1 Å². The fourth-order valence-corrected chi connectivity index (χ4v) is 1.74. The first-order chi connectivity index (χ1) is 10.1. The number of aromatic carboxylic acids is 1. The SMILES string of the molecule is O=C(NCc1ccccc1)Nc1cccc(C(=O)O)c1F. The number of carboxylic acids is 1. The highest BCUT2D eigenvalue weighted by atomic mass is 19.1. The number of anilines is 1. The van der Waals surface area contributed by atoms with E-state index < -0.39 is 23.4 Å². The molecular formula is C15H13FN2O3. The minimum Gasteiger partial charge on any atom is -0.478 e. The summed E-state index contributed by atoms with van der Waals surface area (Å²) in [5.74, 6) is -2.36. The van der Waals surface area contributed by atoms with Crippen LogP contribution in [0.1, 0.15) is 15.9 Å². The number of benzene rings is 2. The van der Waals surface area contributed by atoms with E-state index in [0.717, 1.165) is 11.6 Å². The Morgan fingerprint density at radius 1 is 1.05 bits per heavy atom. The van der Waals surface area contributed by atoms with E-state index in [9.17, 15) is 14.0 Å². The van der Waals surface area contributed by atoms with E-state index >= 15 is 0 Å². The van der Waals surface area contributed by atoms with Crippen LogP contribution in [0.3, 0.4) is 0 Å². The molecule has 0 unspecified atom stereocenters. The third kappa shape index (κ3) is 3.79. The molecule has 2 rings (SSSR count). The topological polar surface area (TPSA) is 78.4 Å². The average molecular weight is 288 g/mol. The molecule has 0 heterocycles. The molecule has 0 aliphatic rings. The Morgan fingerprint density at radius 2 is 1.76 bits per heavy atom. The smallest absolute Gasteiger partial charge is 0.338 e. The van der Waals surface area contributed by atoms with Crippen LogP contribution in [-0.4, -0.2) is 17.1 Å². The van der Waals surface area contributed by atoms with E-state index in [1.165, 1.54) is 12.1 Å². The summed E-state index contributed by atoms with van der Waals surface area (Å²) < 4.78 is 13.8. The Labute approximate surface area is 120 Å². The molecule has 2 aromatic rings. The van der Waals surface area contributed by atoms with E-state index in [1.807, 2.05) is 30.3 Å². The van der Waals surface area contributed by atoms with Gasteiger partial charge >= 0.3 is 12.0 Å². The van der Waals surface area contributed by atoms with Crippen LogP contribution in [0.5, 0.6) is 0 Å². The van der Waals surface area contributed by atoms with Gasteiger partial charge in [0, 0.05) is 6.54 Å². The molecule has 0 bridgehead atoms. The van der Waals surface area contributed by atoms with E-state index in [1.54, 1.807) is 0 Å². The molecule has 2 amide bonds. The van der Waals surface area contributed by atoms with Crippen LogP contribution in [0, 0.1) is 5.82 Å². The fourth-order valence-electron chi connectivity index (χ4n) is 1.74. The Bertz CT molecular complexity index is 659. The van der Waals surface area contributed by atoms with Crippen molar-refractivity contribution in [1.82, 2.24) is 5.32 Å². The lowest BCUT2D eigenvalue weighted by molar-refractivity contribution is 0.0692. The minimum atomic E-state index is -1.39. The summed E-state index contributed by atoms with van der Waals surface area (Å²) >= 11 is 0. The number of carbonyl (C=O) groups is 2. The first kappa shape index (κ1) is 14.5. The van der Waals surface area contributed by atoms with Gasteiger partial charge in [0.1, 0.15) is 0 Å². The summed E-state index contributed by atoms with van der Waals surface area (Å²) in [6, 6.07) is 12.4. The Hall–Kier alpha value is -2.89. The number of carbonyl (C=O) groups excluding carboxylic acids is 1. The predicted molar refractivity (Wildman–Crippen MR) is 75.7 cm³/mol. The molecule has 5 nitrogen and oxygen atoms in total. The van der Waals surface area contributed by atoms with Gasteiger partial charge in [0.2, 0.25) is 0 Å². The number of rotatable bonds is 4. The first-order valence-corrected chi connectivity index (χ1v) is 6.18. The number of hydrogen-bond acceptors (Lipinski definition) is 2. The number of amides is 2. The Morgan fingerprint density at radius 3 is 2.43 bits per heavy atom. The highest BCUT2D eigenvalue weighted by Gasteiger charge is 2.15. The van der Waals surface area contributed by atoms with Crippen molar-refractivity contribution in [3.63, 3.8) is 0 Å². The normalized spacial score (nSPS) is 9.95. The number of urea groups is 1. The molecule has 0 aliphatic heterocycles. The molecule has 0 aliphatic carbocycles. The second-order valence-electron chi connectivity index (χ2n) is 4.27. The van der Waals surface area contributed by atoms with Crippen LogP contribution in [-0.2, 0) is 6.54 Å². The average Bonchev–Trinajstić information content (AvgIpc) is 2.48. The zero-order valence-corrected chi connectivity index (χ0v) is 11.0. The molecule has 0 aromatic heterocycles. The van der Waals surface area contributed by atoms with Crippen LogP contribution in [0.25, 0.3) is 0 Å². The Kier molecular flexibility index (Phi) is 4.50. The van der Waals surface area contributed by atoms with Gasteiger partial charge in [-0.1, -0.05) is 36.4 Å². The molecule has 0 radical (unpaired) electrons. The highest BCUT2D eigenvalue weighted by Crippen LogP contribution is 2.17. The summed E-state index contributed by atoms with van der Waals surface area (Å²) in [5.41, 5.74) is 0.226. The lowest BCUT2D eigenvalue weighted by atomic mass is 10.2. The standard InChI is InChI=1S/C15H13FN2O3/c16-13-11(14(19)20)7-4-8-12(13)18-15(21)17-9-10-5-2-1-3-6-10/h1-8H,9H2,(H,19,20)(H2,17,18,21). The van der Waals surface area contributed by atoms with E-state index in [-0.39, 0.29) is 12.2 Å². The lowest BCUT2D eigenvalue weighted by Crippen LogP contribution is -2.28. The molecular weight excluding hydrogens is 275 g/mol. The van der Waals surface area contributed by atoms with Crippen LogP contribution >= 0.6 is 0 Å². The van der Waals surface area contributed by atoms with Gasteiger partial charge in [0.05, 0.1) is 11.3 Å². The molecule has 0 spiro atoms. The maximum Gasteiger partial charge on any atom is 0.338 e. The van der Waals surface area contributed by atoms with Crippen molar-refractivity contribution >= 4 is 17.7 Å². The number of nitrogens with one attached hydrogen (secondary N) is 2. The van der Waals surface area contributed by atoms with Crippen LogP contribution in [0.2, 0.25) is 0 Å². The third-order valence-electron chi connectivity index (χ3n) is 2.77. The summed E-state index contributed by atoms with van der Waals surface area (Å²) in [5, 5.41) is 13.7. The molecule has 2 aromatic carbocycles. The summed E-state index contributed by atoms with van der Waals surface area (Å²) in [6.45, 7) is 0.285. The molecule has 0 atom stereocenters. The molecule has 108 valence electrons. The van der Waals surface area contributed by atoms with Gasteiger partial charge in [-0.3, -0.25) is 0 Å². The number of carboxylic acid groups (broad SMARTS) is 1. The highest BCUT2D eigenvalue weighted by molar-refractivity contribution is 5.93. The monoisotopic (exact) mass is 288 g/mol. The molecule has 6 heteroatoms. The van der Waals surface area contributed by atoms with Crippen molar-refractivity contribution in [2.45, 2.75) is 6.54 Å². The largest absolute Gasteiger partial charge is 0.478 e. The first-order valence-electron chi connectivity index (χ1n) is 6.18. The molecule has 21 heavy (non-hydrogen) atoms. The zero-order chi connectivity index (χ0) is 15.2. The maximum absolute atomic E-state index is 13.8. The van der Waals surface area contributed by atoms with Gasteiger partial charge < -0.3 is 15.7 Å². The van der Waals surface area contributed by atoms with Gasteiger partial charge in [0.15, 0.2) is 5.82 Å². The van der Waals surface area contributed by atoms with Crippen molar-refractivity contribution in [2.24, 2.45) is 0 Å². The fraction of sp³-hybridized carbons (Fsp3) is 0.0667. The van der Waals surface area contributed by atoms with E-state index in [2.05, 4.69) is 10.6 Å². The third-order valence-corrected chi connectivity index (χ3v) is 2.77. The summed E-state index contributed by atoms with van der Waals surface area (Å²) in [6.07, 6.45) is 0. The second-order valence-corrected chi connectivity index (χ2v) is 4.27. The zero-order valence-electron chi connectivity index (χ0n) is 11.0. The van der Waals surface area contributed by atoms with Crippen molar-refractivity contribution in [2.75, 3.05) is 5.32 Å². The van der Waals surface area contributed by atoms with E-state index in [4.69, 9.17) is 5.11 Å². The van der Waals surface area contributed by atoms with Gasteiger partial charge in [-0.15, -0.1) is 0 Å². The van der Waals surface area contributed by atoms with Crippen molar-refractivity contribution in [3.8, 4) is 0 Å². The molecule has 3 N–H and O–H groups in total. The summed E-state index contributed by atoms with van der Waals surface area (Å²) in [7, 11) is 0. The van der Waals surface area contributed by atoms with E-state index in [0.29, 0.717) is 0 Å². The number of halogens is 1. The van der Waals surface area contributed by atoms with Gasteiger partial charge in [-0.25, -0.2) is 14.0 Å². The molecule has 0 fully saturated rings. The van der Waals surface area contributed by atoms with Gasteiger partial charge in [0.25, 0.3) is 0 Å². The van der Waals surface area contributed by atoms with Crippen LogP contribution in [0.15, 0.2) is 48.5 Å². The van der Waals surface area contributed by atoms with Gasteiger partial charge in [-0.2, -0.15) is 0 Å². The molecule has 0 saturated heterocycles. The quantitative estimate of drug-likeness (QED) is 0.809. The minimum absolute atomic E-state index is 0.180. The van der Waals surface area contributed by atoms with Crippen LogP contribution in [0.4, 0.5) is 14.9 Å². The van der Waals surface area contributed by atoms with Crippen LogP contribution < -0.4 is 10.6 Å². The van der Waals surface area contributed by atoms with Gasteiger partial charge in [-0.05, 0) is 17.7 Å². The Balaban J connectivity index is 2.00. The maximum atomic E-state index is 13.8. The van der Waals surface area contributed by atoms with Crippen molar-refractivity contribution in [1.29, 1.82) is 0 Å².